The maximum absolute atomic E-state index is 11.7. The first kappa shape index (κ1) is 20.5. The zero-order valence-corrected chi connectivity index (χ0v) is 15.9. The summed E-state index contributed by atoms with van der Waals surface area (Å²) in [4.78, 5) is 18.3. The fraction of sp³-hybridized carbons (Fsp3) is 0.867. The van der Waals surface area contributed by atoms with Gasteiger partial charge in [0.15, 0.2) is 5.96 Å². The molecule has 1 saturated heterocycles. The van der Waals surface area contributed by atoms with Gasteiger partial charge in [-0.1, -0.05) is 19.8 Å². The van der Waals surface area contributed by atoms with E-state index in [0.29, 0.717) is 6.61 Å². The summed E-state index contributed by atoms with van der Waals surface area (Å²) in [6, 6.07) is 0. The van der Waals surface area contributed by atoms with E-state index < -0.39 is 0 Å². The molecule has 0 spiro atoms. The predicted molar refractivity (Wildman–Crippen MR) is 97.2 cm³/mol. The highest BCUT2D eigenvalue weighted by molar-refractivity contribution is 14.0. The van der Waals surface area contributed by atoms with Crippen LogP contribution in [0.4, 0.5) is 0 Å². The Balaban J connectivity index is 0.00000400. The molecule has 21 heavy (non-hydrogen) atoms. The van der Waals surface area contributed by atoms with Gasteiger partial charge in [0.25, 0.3) is 0 Å². The van der Waals surface area contributed by atoms with Crippen LogP contribution in [0.25, 0.3) is 0 Å². The number of rotatable bonds is 6. The molecule has 1 aliphatic heterocycles. The standard InChI is InChI=1S/C15H29N3O2.HI/c1-4-6-7-10-17-15(16-3)18-11-8-13(9-12-18)14(19)20-5-2;/h13H,4-12H2,1-3H3,(H,16,17);1H. The van der Waals surface area contributed by atoms with Crippen LogP contribution >= 0.6 is 24.0 Å². The normalized spacial score (nSPS) is 16.3. The molecule has 0 aromatic rings. The zero-order valence-electron chi connectivity index (χ0n) is 13.6. The number of likely N-dealkylation sites (tertiary alicyclic amines) is 1. The van der Waals surface area contributed by atoms with Gasteiger partial charge in [-0.05, 0) is 26.2 Å². The van der Waals surface area contributed by atoms with E-state index in [9.17, 15) is 4.79 Å². The number of piperidine rings is 1. The van der Waals surface area contributed by atoms with Gasteiger partial charge in [0.1, 0.15) is 0 Å². The lowest BCUT2D eigenvalue weighted by atomic mass is 9.97. The molecule has 0 unspecified atom stereocenters. The van der Waals surface area contributed by atoms with Crippen molar-refractivity contribution in [3.63, 3.8) is 0 Å². The minimum absolute atomic E-state index is 0. The minimum atomic E-state index is -0.0435. The Bertz CT molecular complexity index is 316. The summed E-state index contributed by atoms with van der Waals surface area (Å²) in [7, 11) is 1.82. The number of esters is 1. The number of hydrogen-bond donors (Lipinski definition) is 1. The third kappa shape index (κ3) is 7.33. The Morgan fingerprint density at radius 1 is 1.29 bits per heavy atom. The second-order valence-corrected chi connectivity index (χ2v) is 5.19. The number of nitrogens with one attached hydrogen (secondary N) is 1. The van der Waals surface area contributed by atoms with Crippen LogP contribution < -0.4 is 5.32 Å². The van der Waals surface area contributed by atoms with Crippen LogP contribution in [-0.4, -0.2) is 50.1 Å². The van der Waals surface area contributed by atoms with E-state index in [-0.39, 0.29) is 35.9 Å². The van der Waals surface area contributed by atoms with Crippen LogP contribution in [-0.2, 0) is 9.53 Å². The van der Waals surface area contributed by atoms with Crippen LogP contribution in [0.5, 0.6) is 0 Å². The van der Waals surface area contributed by atoms with E-state index in [1.165, 1.54) is 19.3 Å². The molecule has 5 nitrogen and oxygen atoms in total. The topological polar surface area (TPSA) is 53.9 Å². The molecule has 0 bridgehead atoms. The van der Waals surface area contributed by atoms with Crippen LogP contribution in [0.2, 0.25) is 0 Å². The number of ether oxygens (including phenoxy) is 1. The Hall–Kier alpha value is -0.530. The van der Waals surface area contributed by atoms with E-state index in [2.05, 4.69) is 22.1 Å². The highest BCUT2D eigenvalue weighted by Gasteiger charge is 2.27. The molecule has 0 aromatic heterocycles. The minimum Gasteiger partial charge on any atom is -0.466 e. The number of aliphatic imine (C=N–C) groups is 1. The number of hydrogen-bond acceptors (Lipinski definition) is 3. The van der Waals surface area contributed by atoms with Crippen molar-refractivity contribution in [2.45, 2.75) is 46.0 Å². The first-order valence-corrected chi connectivity index (χ1v) is 7.85. The summed E-state index contributed by atoms with van der Waals surface area (Å²) in [6.07, 6.45) is 5.36. The van der Waals surface area contributed by atoms with Crippen molar-refractivity contribution in [2.75, 3.05) is 33.3 Å². The Kier molecular flexibility index (Phi) is 11.8. The lowest BCUT2D eigenvalue weighted by Gasteiger charge is -2.33. The third-order valence-corrected chi connectivity index (χ3v) is 3.69. The van der Waals surface area contributed by atoms with Crippen molar-refractivity contribution in [2.24, 2.45) is 10.9 Å². The SMILES string of the molecule is CCCCCNC(=NC)N1CCC(C(=O)OCC)CC1.I. The smallest absolute Gasteiger partial charge is 0.309 e. The fourth-order valence-electron chi connectivity index (χ4n) is 2.49. The monoisotopic (exact) mass is 411 g/mol. The lowest BCUT2D eigenvalue weighted by Crippen LogP contribution is -2.46. The number of halogens is 1. The highest BCUT2D eigenvalue weighted by atomic mass is 127. The predicted octanol–water partition coefficient (Wildman–Crippen LogP) is 2.65. The molecule has 0 atom stereocenters. The second-order valence-electron chi connectivity index (χ2n) is 5.19. The van der Waals surface area contributed by atoms with Gasteiger partial charge in [0.05, 0.1) is 12.5 Å². The molecular formula is C15H30IN3O2. The molecule has 1 heterocycles. The van der Waals surface area contributed by atoms with Crippen molar-refractivity contribution >= 4 is 35.9 Å². The largest absolute Gasteiger partial charge is 0.466 e. The Labute approximate surface area is 145 Å². The van der Waals surface area contributed by atoms with Crippen LogP contribution in [0.1, 0.15) is 46.0 Å². The molecule has 124 valence electrons. The summed E-state index contributed by atoms with van der Waals surface area (Å²) >= 11 is 0. The summed E-state index contributed by atoms with van der Waals surface area (Å²) in [5.74, 6) is 0.978. The summed E-state index contributed by atoms with van der Waals surface area (Å²) in [5.41, 5.74) is 0. The van der Waals surface area contributed by atoms with Gasteiger partial charge in [0.2, 0.25) is 0 Å². The summed E-state index contributed by atoms with van der Waals surface area (Å²) in [6.45, 7) is 7.25. The maximum Gasteiger partial charge on any atom is 0.309 e. The van der Waals surface area contributed by atoms with Crippen LogP contribution in [0.15, 0.2) is 4.99 Å². The summed E-state index contributed by atoms with van der Waals surface area (Å²) < 4.78 is 5.09. The van der Waals surface area contributed by atoms with Crippen molar-refractivity contribution in [1.29, 1.82) is 0 Å². The molecule has 0 aliphatic carbocycles. The third-order valence-electron chi connectivity index (χ3n) is 3.69. The van der Waals surface area contributed by atoms with Crippen molar-refractivity contribution < 1.29 is 9.53 Å². The van der Waals surface area contributed by atoms with Crippen molar-refractivity contribution in [3.8, 4) is 0 Å². The number of guanidine groups is 1. The maximum atomic E-state index is 11.7. The quantitative estimate of drug-likeness (QED) is 0.240. The molecule has 0 amide bonds. The lowest BCUT2D eigenvalue weighted by molar-refractivity contribution is -0.149. The van der Waals surface area contributed by atoms with Crippen LogP contribution in [0, 0.1) is 5.92 Å². The molecule has 0 saturated carbocycles. The van der Waals surface area contributed by atoms with E-state index in [0.717, 1.165) is 38.4 Å². The van der Waals surface area contributed by atoms with Gasteiger partial charge in [-0.15, -0.1) is 24.0 Å². The van der Waals surface area contributed by atoms with Crippen molar-refractivity contribution in [3.05, 3.63) is 0 Å². The fourth-order valence-corrected chi connectivity index (χ4v) is 2.49. The molecule has 0 radical (unpaired) electrons. The van der Waals surface area contributed by atoms with Gasteiger partial charge < -0.3 is 15.0 Å². The van der Waals surface area contributed by atoms with Crippen LogP contribution in [0.3, 0.4) is 0 Å². The van der Waals surface area contributed by atoms with E-state index in [4.69, 9.17) is 4.74 Å². The molecule has 1 rings (SSSR count). The molecule has 1 aliphatic rings. The Morgan fingerprint density at radius 2 is 1.95 bits per heavy atom. The molecule has 1 fully saturated rings. The number of carbonyl (C=O) groups is 1. The molecule has 6 heteroatoms. The van der Waals surface area contributed by atoms with Gasteiger partial charge in [-0.25, -0.2) is 0 Å². The number of unbranched alkanes of at least 4 members (excludes halogenated alkanes) is 2. The van der Waals surface area contributed by atoms with E-state index in [1.807, 2.05) is 14.0 Å². The van der Waals surface area contributed by atoms with Gasteiger partial charge in [-0.3, -0.25) is 9.79 Å². The average molecular weight is 411 g/mol. The second kappa shape index (κ2) is 12.1. The van der Waals surface area contributed by atoms with Gasteiger partial charge in [-0.2, -0.15) is 0 Å². The molecule has 1 N–H and O–H groups in total. The van der Waals surface area contributed by atoms with E-state index in [1.54, 1.807) is 0 Å². The number of carbonyl (C=O) groups excluding carboxylic acids is 1. The summed E-state index contributed by atoms with van der Waals surface area (Å²) in [5, 5.41) is 3.40. The average Bonchev–Trinajstić information content (AvgIpc) is 2.48. The Morgan fingerprint density at radius 3 is 2.48 bits per heavy atom. The van der Waals surface area contributed by atoms with Gasteiger partial charge >= 0.3 is 5.97 Å². The highest BCUT2D eigenvalue weighted by Crippen LogP contribution is 2.18. The zero-order chi connectivity index (χ0) is 14.8. The van der Waals surface area contributed by atoms with E-state index >= 15 is 0 Å². The number of nitrogens with zero attached hydrogens (tertiary/aromatic N) is 2. The van der Waals surface area contributed by atoms with Gasteiger partial charge in [0, 0.05) is 26.7 Å². The first-order chi connectivity index (χ1) is 9.72. The van der Waals surface area contributed by atoms with Crippen molar-refractivity contribution in [1.82, 2.24) is 10.2 Å². The molecule has 0 aromatic carbocycles. The molecular weight excluding hydrogens is 381 g/mol. The first-order valence-electron chi connectivity index (χ1n) is 7.85.